The zero-order valence-electron chi connectivity index (χ0n) is 10.2. The molecule has 1 aliphatic rings. The van der Waals surface area contributed by atoms with E-state index < -0.39 is 5.67 Å². The lowest BCUT2D eigenvalue weighted by Crippen LogP contribution is -2.21. The van der Waals surface area contributed by atoms with Gasteiger partial charge in [-0.15, -0.1) is 0 Å². The highest BCUT2D eigenvalue weighted by Crippen LogP contribution is 2.42. The van der Waals surface area contributed by atoms with Crippen LogP contribution in [0.3, 0.4) is 0 Å². The fourth-order valence-electron chi connectivity index (χ4n) is 2.26. The molecular weight excluding hydrogens is 219 g/mol. The molecule has 1 aromatic rings. The Balaban J connectivity index is 2.15. The van der Waals surface area contributed by atoms with Crippen molar-refractivity contribution in [1.82, 2.24) is 4.98 Å². The van der Waals surface area contributed by atoms with Gasteiger partial charge < -0.3 is 10.5 Å². The molecule has 0 amide bonds. The summed E-state index contributed by atoms with van der Waals surface area (Å²) in [6.07, 6.45) is 5.72. The third-order valence-electron chi connectivity index (χ3n) is 3.20. The van der Waals surface area contributed by atoms with Gasteiger partial charge in [-0.25, -0.2) is 4.39 Å². The second-order valence-electron chi connectivity index (χ2n) is 4.73. The van der Waals surface area contributed by atoms with E-state index in [0.29, 0.717) is 30.8 Å². The molecular formula is C13H19FN2O. The predicted molar refractivity (Wildman–Crippen MR) is 64.6 cm³/mol. The van der Waals surface area contributed by atoms with Crippen LogP contribution < -0.4 is 10.5 Å². The number of aromatic nitrogens is 1. The number of nitrogens with zero attached hydrogens (tertiary/aromatic N) is 1. The van der Waals surface area contributed by atoms with Crippen LogP contribution in [0.4, 0.5) is 4.39 Å². The summed E-state index contributed by atoms with van der Waals surface area (Å²) < 4.78 is 20.1. The van der Waals surface area contributed by atoms with Gasteiger partial charge in [0.1, 0.15) is 11.4 Å². The average Bonchev–Trinajstić information content (AvgIpc) is 2.68. The minimum absolute atomic E-state index is 0.0415. The molecule has 94 valence electrons. The molecule has 3 nitrogen and oxygen atoms in total. The van der Waals surface area contributed by atoms with Gasteiger partial charge in [0.15, 0.2) is 0 Å². The second-order valence-corrected chi connectivity index (χ2v) is 4.73. The van der Waals surface area contributed by atoms with Crippen LogP contribution in [0, 0.1) is 0 Å². The molecule has 2 unspecified atom stereocenters. The molecule has 1 aliphatic carbocycles. The molecule has 1 saturated carbocycles. The van der Waals surface area contributed by atoms with Crippen molar-refractivity contribution in [2.24, 2.45) is 5.73 Å². The first kappa shape index (κ1) is 12.3. The molecule has 0 aromatic carbocycles. The number of pyridine rings is 1. The van der Waals surface area contributed by atoms with Gasteiger partial charge in [-0.3, -0.25) is 4.98 Å². The zero-order chi connectivity index (χ0) is 12.3. The van der Waals surface area contributed by atoms with Gasteiger partial charge in [-0.05, 0) is 25.3 Å². The number of hydrogen-bond donors (Lipinski definition) is 1. The van der Waals surface area contributed by atoms with Crippen LogP contribution in [-0.4, -0.2) is 17.6 Å². The highest BCUT2D eigenvalue weighted by molar-refractivity contribution is 5.29. The van der Waals surface area contributed by atoms with Gasteiger partial charge >= 0.3 is 0 Å². The lowest BCUT2D eigenvalue weighted by atomic mass is 9.95. The quantitative estimate of drug-likeness (QED) is 0.877. The molecule has 0 radical (unpaired) electrons. The Hall–Kier alpha value is -1.16. The molecule has 1 aromatic heterocycles. The van der Waals surface area contributed by atoms with Gasteiger partial charge in [0, 0.05) is 24.2 Å². The predicted octanol–water partition coefficient (Wildman–Crippen LogP) is 2.55. The number of hydrogen-bond acceptors (Lipinski definition) is 3. The number of alkyl halides is 1. The van der Waals surface area contributed by atoms with E-state index in [4.69, 9.17) is 10.5 Å². The standard InChI is InChI=1S/C13H19FN2O/c1-2-5-17-12-6-10(8-16-9-12)13(14)4-3-11(15)7-13/h6,8-9,11H,2-5,7,15H2,1H3. The molecule has 1 fully saturated rings. The smallest absolute Gasteiger partial charge is 0.139 e. The minimum atomic E-state index is -1.32. The van der Waals surface area contributed by atoms with Crippen molar-refractivity contribution in [3.63, 3.8) is 0 Å². The third kappa shape index (κ3) is 2.75. The Morgan fingerprint density at radius 2 is 2.41 bits per heavy atom. The van der Waals surface area contributed by atoms with Crippen LogP contribution in [0.15, 0.2) is 18.5 Å². The fourth-order valence-corrected chi connectivity index (χ4v) is 2.26. The van der Waals surface area contributed by atoms with Gasteiger partial charge in [-0.1, -0.05) is 6.92 Å². The van der Waals surface area contributed by atoms with Gasteiger partial charge in [-0.2, -0.15) is 0 Å². The van der Waals surface area contributed by atoms with E-state index in [1.807, 2.05) is 6.92 Å². The molecule has 17 heavy (non-hydrogen) atoms. The zero-order valence-corrected chi connectivity index (χ0v) is 10.2. The normalized spacial score (nSPS) is 28.3. The topological polar surface area (TPSA) is 48.1 Å². The van der Waals surface area contributed by atoms with Crippen molar-refractivity contribution in [2.75, 3.05) is 6.61 Å². The Bertz CT molecular complexity index is 385. The molecule has 2 atom stereocenters. The van der Waals surface area contributed by atoms with Gasteiger partial charge in [0.05, 0.1) is 12.8 Å². The van der Waals surface area contributed by atoms with E-state index in [-0.39, 0.29) is 6.04 Å². The van der Waals surface area contributed by atoms with Crippen LogP contribution in [0.2, 0.25) is 0 Å². The monoisotopic (exact) mass is 238 g/mol. The first-order valence-electron chi connectivity index (χ1n) is 6.17. The summed E-state index contributed by atoms with van der Waals surface area (Å²) in [5.74, 6) is 0.641. The number of halogens is 1. The SMILES string of the molecule is CCCOc1cncc(C2(F)CCC(N)C2)c1. The molecule has 0 aliphatic heterocycles. The molecule has 1 heterocycles. The summed E-state index contributed by atoms with van der Waals surface area (Å²) >= 11 is 0. The van der Waals surface area contributed by atoms with Gasteiger partial charge in [0.2, 0.25) is 0 Å². The minimum Gasteiger partial charge on any atom is -0.492 e. The van der Waals surface area contributed by atoms with E-state index in [9.17, 15) is 4.39 Å². The van der Waals surface area contributed by atoms with Crippen LogP contribution in [-0.2, 0) is 5.67 Å². The van der Waals surface area contributed by atoms with Crippen molar-refractivity contribution >= 4 is 0 Å². The van der Waals surface area contributed by atoms with Crippen LogP contribution in [0.5, 0.6) is 5.75 Å². The Kier molecular flexibility index (Phi) is 3.62. The number of nitrogens with two attached hydrogens (primary N) is 1. The van der Waals surface area contributed by atoms with Crippen molar-refractivity contribution in [3.8, 4) is 5.75 Å². The maximum atomic E-state index is 14.6. The molecule has 0 bridgehead atoms. The Morgan fingerprint density at radius 3 is 3.06 bits per heavy atom. The van der Waals surface area contributed by atoms with Crippen molar-refractivity contribution in [3.05, 3.63) is 24.0 Å². The Labute approximate surface area is 101 Å². The van der Waals surface area contributed by atoms with E-state index in [1.54, 1.807) is 18.5 Å². The maximum absolute atomic E-state index is 14.6. The van der Waals surface area contributed by atoms with Crippen LogP contribution >= 0.6 is 0 Å². The first-order chi connectivity index (χ1) is 8.14. The highest BCUT2D eigenvalue weighted by atomic mass is 19.1. The second kappa shape index (κ2) is 5.00. The summed E-state index contributed by atoms with van der Waals surface area (Å²) in [7, 11) is 0. The van der Waals surface area contributed by atoms with E-state index >= 15 is 0 Å². The third-order valence-corrected chi connectivity index (χ3v) is 3.20. The van der Waals surface area contributed by atoms with E-state index in [0.717, 1.165) is 12.8 Å². The number of rotatable bonds is 4. The van der Waals surface area contributed by atoms with Crippen molar-refractivity contribution < 1.29 is 9.13 Å². The van der Waals surface area contributed by atoms with Crippen LogP contribution in [0.1, 0.15) is 38.2 Å². The summed E-state index contributed by atoms with van der Waals surface area (Å²) in [5, 5.41) is 0. The largest absolute Gasteiger partial charge is 0.492 e. The lowest BCUT2D eigenvalue weighted by molar-refractivity contribution is 0.171. The van der Waals surface area contributed by atoms with Gasteiger partial charge in [0.25, 0.3) is 0 Å². The maximum Gasteiger partial charge on any atom is 0.139 e. The molecule has 0 spiro atoms. The van der Waals surface area contributed by atoms with E-state index in [1.165, 1.54) is 0 Å². The molecule has 2 rings (SSSR count). The fraction of sp³-hybridized carbons (Fsp3) is 0.615. The molecule has 0 saturated heterocycles. The summed E-state index contributed by atoms with van der Waals surface area (Å²) in [6.45, 7) is 2.66. The molecule has 2 N–H and O–H groups in total. The first-order valence-corrected chi connectivity index (χ1v) is 6.17. The van der Waals surface area contributed by atoms with E-state index in [2.05, 4.69) is 4.98 Å². The molecule has 4 heteroatoms. The Morgan fingerprint density at radius 1 is 1.59 bits per heavy atom. The number of ether oxygens (including phenoxy) is 1. The average molecular weight is 238 g/mol. The van der Waals surface area contributed by atoms with Crippen molar-refractivity contribution in [2.45, 2.75) is 44.3 Å². The summed E-state index contributed by atoms with van der Waals surface area (Å²) in [4.78, 5) is 4.05. The van der Waals surface area contributed by atoms with Crippen molar-refractivity contribution in [1.29, 1.82) is 0 Å². The summed E-state index contributed by atoms with van der Waals surface area (Å²) in [5.41, 5.74) is 5.05. The summed E-state index contributed by atoms with van der Waals surface area (Å²) in [6, 6.07) is 1.71. The lowest BCUT2D eigenvalue weighted by Gasteiger charge is -2.20. The highest BCUT2D eigenvalue weighted by Gasteiger charge is 2.40. The van der Waals surface area contributed by atoms with Crippen LogP contribution in [0.25, 0.3) is 0 Å².